The third-order valence-corrected chi connectivity index (χ3v) is 10.1. The molecule has 42 heavy (non-hydrogen) atoms. The third kappa shape index (κ3) is 7.46. The highest BCUT2D eigenvalue weighted by molar-refractivity contribution is 7.92. The number of carbonyl (C=O) groups is 2. The zero-order valence-electron chi connectivity index (χ0n) is 23.9. The number of aryl methyl sites for hydroxylation is 1. The van der Waals surface area contributed by atoms with Gasteiger partial charge in [-0.1, -0.05) is 92.4 Å². The van der Waals surface area contributed by atoms with Crippen molar-refractivity contribution in [3.8, 4) is 0 Å². The van der Waals surface area contributed by atoms with Crippen molar-refractivity contribution >= 4 is 50.7 Å². The molecule has 1 aliphatic rings. The minimum absolute atomic E-state index is 0.0140. The van der Waals surface area contributed by atoms with Gasteiger partial charge in [-0.2, -0.15) is 0 Å². The lowest BCUT2D eigenvalue weighted by Gasteiger charge is -2.34. The third-order valence-electron chi connectivity index (χ3n) is 7.69. The highest BCUT2D eigenvalue weighted by Gasteiger charge is 2.35. The van der Waals surface area contributed by atoms with Gasteiger partial charge < -0.3 is 10.2 Å². The first-order valence-corrected chi connectivity index (χ1v) is 16.5. The number of benzene rings is 3. The Morgan fingerprint density at radius 3 is 2.24 bits per heavy atom. The molecule has 7 nitrogen and oxygen atoms in total. The molecule has 2 amide bonds. The number of amides is 2. The van der Waals surface area contributed by atoms with Crippen LogP contribution >= 0.6 is 23.2 Å². The molecule has 0 saturated heterocycles. The summed E-state index contributed by atoms with van der Waals surface area (Å²) in [4.78, 5) is 29.4. The second-order valence-electron chi connectivity index (χ2n) is 10.5. The van der Waals surface area contributed by atoms with Crippen LogP contribution in [0.5, 0.6) is 0 Å². The average Bonchev–Trinajstić information content (AvgIpc) is 3.50. The molecule has 0 radical (unpaired) electrons. The van der Waals surface area contributed by atoms with Crippen LogP contribution < -0.4 is 9.62 Å². The largest absolute Gasteiger partial charge is 0.352 e. The van der Waals surface area contributed by atoms with E-state index in [2.05, 4.69) is 5.32 Å². The predicted octanol–water partition coefficient (Wildman–Crippen LogP) is 6.62. The van der Waals surface area contributed by atoms with Gasteiger partial charge in [0.15, 0.2) is 0 Å². The minimum atomic E-state index is -4.13. The van der Waals surface area contributed by atoms with Crippen molar-refractivity contribution in [1.82, 2.24) is 10.2 Å². The van der Waals surface area contributed by atoms with Crippen LogP contribution in [0.15, 0.2) is 77.7 Å². The van der Waals surface area contributed by atoms with Gasteiger partial charge in [-0.05, 0) is 67.1 Å². The maximum Gasteiger partial charge on any atom is 0.264 e. The molecule has 0 spiro atoms. The second kappa shape index (κ2) is 14.4. The number of carbonyl (C=O) groups excluding carboxylic acids is 2. The number of hydrogen-bond acceptors (Lipinski definition) is 4. The van der Waals surface area contributed by atoms with Gasteiger partial charge in [-0.3, -0.25) is 13.9 Å². The second-order valence-corrected chi connectivity index (χ2v) is 13.2. The van der Waals surface area contributed by atoms with Gasteiger partial charge in [-0.25, -0.2) is 8.42 Å². The lowest BCUT2D eigenvalue weighted by Crippen LogP contribution is -2.53. The number of nitrogens with one attached hydrogen (secondary N) is 1. The van der Waals surface area contributed by atoms with Gasteiger partial charge in [0, 0.05) is 22.6 Å². The van der Waals surface area contributed by atoms with Crippen LogP contribution in [-0.2, 0) is 32.6 Å². The van der Waals surface area contributed by atoms with Gasteiger partial charge >= 0.3 is 0 Å². The van der Waals surface area contributed by atoms with Crippen LogP contribution in [0.2, 0.25) is 10.0 Å². The molecule has 1 saturated carbocycles. The van der Waals surface area contributed by atoms with E-state index in [0.717, 1.165) is 35.6 Å². The van der Waals surface area contributed by atoms with Crippen molar-refractivity contribution in [2.45, 2.75) is 75.9 Å². The van der Waals surface area contributed by atoms with Crippen molar-refractivity contribution < 1.29 is 18.0 Å². The lowest BCUT2D eigenvalue weighted by molar-refractivity contribution is -0.140. The molecule has 1 fully saturated rings. The van der Waals surface area contributed by atoms with Crippen LogP contribution in [0, 0.1) is 0 Å². The van der Waals surface area contributed by atoms with Gasteiger partial charge in [0.05, 0.1) is 10.6 Å². The van der Waals surface area contributed by atoms with E-state index < -0.39 is 28.5 Å². The van der Waals surface area contributed by atoms with Crippen molar-refractivity contribution in [1.29, 1.82) is 0 Å². The molecule has 1 N–H and O–H groups in total. The van der Waals surface area contributed by atoms with Crippen LogP contribution in [0.1, 0.15) is 57.1 Å². The summed E-state index contributed by atoms with van der Waals surface area (Å²) in [5.41, 5.74) is 1.81. The molecule has 0 unspecified atom stereocenters. The monoisotopic (exact) mass is 629 g/mol. The normalized spacial score (nSPS) is 14.4. The van der Waals surface area contributed by atoms with E-state index in [1.807, 2.05) is 26.0 Å². The Hall–Kier alpha value is -3.07. The summed E-state index contributed by atoms with van der Waals surface area (Å²) in [6.07, 6.45) is 4.80. The zero-order valence-corrected chi connectivity index (χ0v) is 26.3. The van der Waals surface area contributed by atoms with Crippen LogP contribution in [0.25, 0.3) is 0 Å². The van der Waals surface area contributed by atoms with Crippen LogP contribution in [-0.4, -0.2) is 43.8 Å². The Bertz CT molecular complexity index is 1490. The first-order chi connectivity index (χ1) is 20.1. The number of halogens is 2. The van der Waals surface area contributed by atoms with E-state index in [1.54, 1.807) is 48.5 Å². The smallest absolute Gasteiger partial charge is 0.264 e. The summed E-state index contributed by atoms with van der Waals surface area (Å²) in [5.74, 6) is -0.769. The standard InChI is InChI=1S/C32H37Cl2N3O4S/c1-3-23-12-8-11-17-30(23)37(42(40,41)27-15-6-5-7-16-27)22-31(38)36(21-24-18-19-25(33)20-28(24)34)29(4-2)32(39)35-26-13-9-10-14-26/h5-8,11-12,15-20,26,29H,3-4,9-10,13-14,21-22H2,1-2H3,(H,35,39)/t29-/m1/s1. The van der Waals surface area contributed by atoms with Crippen LogP contribution in [0.3, 0.4) is 0 Å². The summed E-state index contributed by atoms with van der Waals surface area (Å²) in [6.45, 7) is 3.30. The molecule has 0 bridgehead atoms. The maximum absolute atomic E-state index is 14.3. The number of anilines is 1. The maximum atomic E-state index is 14.3. The molecule has 1 aliphatic carbocycles. The minimum Gasteiger partial charge on any atom is -0.352 e. The summed E-state index contributed by atoms with van der Waals surface area (Å²) < 4.78 is 29.3. The number of rotatable bonds is 12. The Balaban J connectivity index is 1.75. The number of nitrogens with zero attached hydrogens (tertiary/aromatic N) is 2. The van der Waals surface area contributed by atoms with E-state index in [1.165, 1.54) is 17.0 Å². The first kappa shape index (κ1) is 31.9. The zero-order chi connectivity index (χ0) is 30.3. The van der Waals surface area contributed by atoms with E-state index in [0.29, 0.717) is 34.1 Å². The lowest BCUT2D eigenvalue weighted by atomic mass is 10.1. The predicted molar refractivity (Wildman–Crippen MR) is 168 cm³/mol. The summed E-state index contributed by atoms with van der Waals surface area (Å²) in [5, 5.41) is 3.92. The summed E-state index contributed by atoms with van der Waals surface area (Å²) in [7, 11) is -4.13. The molecule has 3 aromatic carbocycles. The van der Waals surface area contributed by atoms with Crippen molar-refractivity contribution in [2.75, 3.05) is 10.8 Å². The Kier molecular flexibility index (Phi) is 10.9. The number of sulfonamides is 1. The molecule has 0 aromatic heterocycles. The molecule has 1 atom stereocenters. The highest BCUT2D eigenvalue weighted by atomic mass is 35.5. The number of para-hydroxylation sites is 1. The number of hydrogen-bond donors (Lipinski definition) is 1. The SMILES string of the molecule is CCc1ccccc1N(CC(=O)N(Cc1ccc(Cl)cc1Cl)[C@H](CC)C(=O)NC1CCCC1)S(=O)(=O)c1ccccc1. The fourth-order valence-corrected chi connectivity index (χ4v) is 7.35. The van der Waals surface area contributed by atoms with E-state index in [9.17, 15) is 18.0 Å². The van der Waals surface area contributed by atoms with E-state index in [-0.39, 0.29) is 23.4 Å². The Morgan fingerprint density at radius 2 is 1.60 bits per heavy atom. The molecule has 0 aliphatic heterocycles. The molecule has 0 heterocycles. The van der Waals surface area contributed by atoms with Gasteiger partial charge in [0.25, 0.3) is 10.0 Å². The average molecular weight is 631 g/mol. The molecule has 3 aromatic rings. The Morgan fingerprint density at radius 1 is 0.929 bits per heavy atom. The molecule has 224 valence electrons. The summed E-state index contributed by atoms with van der Waals surface area (Å²) in [6, 6.07) is 19.4. The van der Waals surface area contributed by atoms with Crippen molar-refractivity contribution in [3.05, 3.63) is 94.0 Å². The molecule has 4 rings (SSSR count). The van der Waals surface area contributed by atoms with Gasteiger partial charge in [0.1, 0.15) is 12.6 Å². The van der Waals surface area contributed by atoms with E-state index >= 15 is 0 Å². The van der Waals surface area contributed by atoms with Crippen molar-refractivity contribution in [2.24, 2.45) is 0 Å². The summed E-state index contributed by atoms with van der Waals surface area (Å²) >= 11 is 12.6. The topological polar surface area (TPSA) is 86.8 Å². The van der Waals surface area contributed by atoms with Gasteiger partial charge in [0.2, 0.25) is 11.8 Å². The molecular formula is C32H37Cl2N3O4S. The van der Waals surface area contributed by atoms with Gasteiger partial charge in [-0.15, -0.1) is 0 Å². The Labute approximate surface area is 258 Å². The first-order valence-electron chi connectivity index (χ1n) is 14.3. The van der Waals surface area contributed by atoms with Crippen LogP contribution in [0.4, 0.5) is 5.69 Å². The molecule has 10 heteroatoms. The fourth-order valence-electron chi connectivity index (χ4n) is 5.41. The fraction of sp³-hybridized carbons (Fsp3) is 0.375. The molecular weight excluding hydrogens is 593 g/mol. The quantitative estimate of drug-likeness (QED) is 0.244. The van der Waals surface area contributed by atoms with Crippen molar-refractivity contribution in [3.63, 3.8) is 0 Å². The van der Waals surface area contributed by atoms with E-state index in [4.69, 9.17) is 23.2 Å². The highest BCUT2D eigenvalue weighted by Crippen LogP contribution is 2.29.